The van der Waals surface area contributed by atoms with Crippen LogP contribution < -0.4 is 15.5 Å². The highest BCUT2D eigenvalue weighted by molar-refractivity contribution is 5.95. The standard InChI is InChI=1S/C20H24FN3O2/c1-14-7-6-8-15(2)20(14)23-18(25)11-22-19(26)13-24(3)12-16-9-4-5-10-17(16)21/h4-10H,11-13H2,1-3H3,(H,22,26)(H,23,25)/p+1. The minimum Gasteiger partial charge on any atom is -0.342 e. The molecule has 0 heterocycles. The third-order valence-corrected chi connectivity index (χ3v) is 4.10. The summed E-state index contributed by atoms with van der Waals surface area (Å²) < 4.78 is 13.6. The average Bonchev–Trinajstić information content (AvgIpc) is 2.58. The summed E-state index contributed by atoms with van der Waals surface area (Å²) in [5, 5.41) is 5.43. The van der Waals surface area contributed by atoms with Gasteiger partial charge in [-0.1, -0.05) is 36.4 Å². The van der Waals surface area contributed by atoms with Gasteiger partial charge in [-0.3, -0.25) is 9.59 Å². The van der Waals surface area contributed by atoms with Gasteiger partial charge in [0.1, 0.15) is 12.4 Å². The Morgan fingerprint density at radius 1 is 1.00 bits per heavy atom. The fourth-order valence-corrected chi connectivity index (χ4v) is 2.74. The molecule has 26 heavy (non-hydrogen) atoms. The van der Waals surface area contributed by atoms with Gasteiger partial charge >= 0.3 is 0 Å². The molecule has 0 aliphatic carbocycles. The van der Waals surface area contributed by atoms with E-state index in [1.165, 1.54) is 6.07 Å². The molecule has 1 atom stereocenters. The predicted molar refractivity (Wildman–Crippen MR) is 99.4 cm³/mol. The molecule has 0 saturated heterocycles. The Bertz CT molecular complexity index is 772. The first-order valence-corrected chi connectivity index (χ1v) is 8.54. The molecule has 0 radical (unpaired) electrons. The molecule has 1 unspecified atom stereocenters. The summed E-state index contributed by atoms with van der Waals surface area (Å²) in [6, 6.07) is 12.3. The van der Waals surface area contributed by atoms with Crippen molar-refractivity contribution in [2.45, 2.75) is 20.4 Å². The number of carbonyl (C=O) groups excluding carboxylic acids is 2. The van der Waals surface area contributed by atoms with Gasteiger partial charge in [-0.05, 0) is 31.0 Å². The van der Waals surface area contributed by atoms with Gasteiger partial charge in [-0.25, -0.2) is 4.39 Å². The molecule has 5 nitrogen and oxygen atoms in total. The van der Waals surface area contributed by atoms with E-state index in [2.05, 4.69) is 10.6 Å². The van der Waals surface area contributed by atoms with Crippen LogP contribution in [0.5, 0.6) is 0 Å². The summed E-state index contributed by atoms with van der Waals surface area (Å²) in [7, 11) is 1.81. The first-order valence-electron chi connectivity index (χ1n) is 8.54. The van der Waals surface area contributed by atoms with Crippen molar-refractivity contribution in [2.24, 2.45) is 0 Å². The second kappa shape index (κ2) is 9.10. The largest absolute Gasteiger partial charge is 0.342 e. The number of hydrogen-bond donors (Lipinski definition) is 3. The van der Waals surface area contributed by atoms with Crippen LogP contribution in [0.25, 0.3) is 0 Å². The maximum Gasteiger partial charge on any atom is 0.275 e. The summed E-state index contributed by atoms with van der Waals surface area (Å²) in [6.07, 6.45) is 0. The molecular formula is C20H25FN3O2+. The van der Waals surface area contributed by atoms with Crippen molar-refractivity contribution in [1.29, 1.82) is 0 Å². The molecule has 2 aromatic rings. The van der Waals surface area contributed by atoms with Gasteiger partial charge in [0.25, 0.3) is 5.91 Å². The molecule has 0 spiro atoms. The van der Waals surface area contributed by atoms with E-state index in [0.717, 1.165) is 21.7 Å². The first-order chi connectivity index (χ1) is 12.4. The molecule has 3 N–H and O–H groups in total. The van der Waals surface area contributed by atoms with E-state index >= 15 is 0 Å². The molecule has 0 saturated carbocycles. The zero-order chi connectivity index (χ0) is 19.1. The Hall–Kier alpha value is -2.73. The minimum atomic E-state index is -0.278. The molecule has 0 bridgehead atoms. The normalized spacial score (nSPS) is 11.7. The SMILES string of the molecule is Cc1cccc(C)c1NC(=O)CNC(=O)C[NH+](C)Cc1ccccc1F. The fraction of sp³-hybridized carbons (Fsp3) is 0.300. The third kappa shape index (κ3) is 5.67. The Kier molecular flexibility index (Phi) is 6.86. The molecule has 0 aliphatic rings. The highest BCUT2D eigenvalue weighted by Gasteiger charge is 2.14. The van der Waals surface area contributed by atoms with Crippen LogP contribution in [-0.2, 0) is 16.1 Å². The number of anilines is 1. The molecule has 2 amide bonds. The van der Waals surface area contributed by atoms with Crippen LogP contribution in [0.3, 0.4) is 0 Å². The van der Waals surface area contributed by atoms with E-state index in [-0.39, 0.29) is 30.7 Å². The topological polar surface area (TPSA) is 62.6 Å². The maximum absolute atomic E-state index is 13.6. The van der Waals surface area contributed by atoms with Crippen LogP contribution in [0.15, 0.2) is 42.5 Å². The van der Waals surface area contributed by atoms with E-state index in [9.17, 15) is 14.0 Å². The monoisotopic (exact) mass is 358 g/mol. The van der Waals surface area contributed by atoms with E-state index in [4.69, 9.17) is 0 Å². The van der Waals surface area contributed by atoms with Gasteiger partial charge in [0.05, 0.1) is 13.6 Å². The second-order valence-corrected chi connectivity index (χ2v) is 6.49. The third-order valence-electron chi connectivity index (χ3n) is 4.10. The lowest BCUT2D eigenvalue weighted by molar-refractivity contribution is -0.885. The van der Waals surface area contributed by atoms with Crippen molar-refractivity contribution in [3.8, 4) is 0 Å². The highest BCUT2D eigenvalue weighted by atomic mass is 19.1. The Morgan fingerprint density at radius 3 is 2.31 bits per heavy atom. The van der Waals surface area contributed by atoms with E-state index in [0.29, 0.717) is 12.1 Å². The zero-order valence-corrected chi connectivity index (χ0v) is 15.4. The number of amides is 2. The van der Waals surface area contributed by atoms with E-state index in [1.807, 2.05) is 39.1 Å². The number of aryl methyl sites for hydroxylation is 2. The number of quaternary nitrogens is 1. The molecule has 0 fully saturated rings. The van der Waals surface area contributed by atoms with Crippen LogP contribution in [0.1, 0.15) is 16.7 Å². The lowest BCUT2D eigenvalue weighted by Gasteiger charge is -2.15. The van der Waals surface area contributed by atoms with E-state index < -0.39 is 0 Å². The van der Waals surface area contributed by atoms with Gasteiger partial charge in [0, 0.05) is 11.3 Å². The van der Waals surface area contributed by atoms with Crippen LogP contribution >= 0.6 is 0 Å². The number of para-hydroxylation sites is 1. The quantitative estimate of drug-likeness (QED) is 0.697. The van der Waals surface area contributed by atoms with Crippen molar-refractivity contribution in [3.63, 3.8) is 0 Å². The van der Waals surface area contributed by atoms with Crippen LogP contribution in [-0.4, -0.2) is 32.0 Å². The van der Waals surface area contributed by atoms with Crippen molar-refractivity contribution >= 4 is 17.5 Å². The second-order valence-electron chi connectivity index (χ2n) is 6.49. The van der Waals surface area contributed by atoms with Crippen LogP contribution in [0, 0.1) is 19.7 Å². The number of carbonyl (C=O) groups is 2. The van der Waals surface area contributed by atoms with Gasteiger partial charge in [-0.15, -0.1) is 0 Å². The van der Waals surface area contributed by atoms with Crippen LogP contribution in [0.4, 0.5) is 10.1 Å². The number of rotatable bonds is 7. The Balaban J connectivity index is 1.79. The smallest absolute Gasteiger partial charge is 0.275 e. The summed E-state index contributed by atoms with van der Waals surface area (Å²) in [4.78, 5) is 24.9. The van der Waals surface area contributed by atoms with Gasteiger partial charge in [-0.2, -0.15) is 0 Å². The molecule has 6 heteroatoms. The number of benzene rings is 2. The van der Waals surface area contributed by atoms with Gasteiger partial charge < -0.3 is 15.5 Å². The average molecular weight is 358 g/mol. The maximum atomic E-state index is 13.6. The first kappa shape index (κ1) is 19.6. The van der Waals surface area contributed by atoms with E-state index in [1.54, 1.807) is 18.2 Å². The number of likely N-dealkylation sites (N-methyl/N-ethyl adjacent to an activating group) is 1. The molecule has 0 aliphatic heterocycles. The van der Waals surface area contributed by atoms with Crippen molar-refractivity contribution in [3.05, 3.63) is 65.0 Å². The predicted octanol–water partition coefficient (Wildman–Crippen LogP) is 1.21. The lowest BCUT2D eigenvalue weighted by Crippen LogP contribution is -3.09. The summed E-state index contributed by atoms with van der Waals surface area (Å²) in [5.74, 6) is -0.807. The molecule has 2 aromatic carbocycles. The van der Waals surface area contributed by atoms with Crippen molar-refractivity contribution in [1.82, 2.24) is 5.32 Å². The fourth-order valence-electron chi connectivity index (χ4n) is 2.74. The Morgan fingerprint density at radius 2 is 1.65 bits per heavy atom. The van der Waals surface area contributed by atoms with Crippen molar-refractivity contribution in [2.75, 3.05) is 25.5 Å². The van der Waals surface area contributed by atoms with Crippen LogP contribution in [0.2, 0.25) is 0 Å². The molecule has 0 aromatic heterocycles. The summed E-state index contributed by atoms with van der Waals surface area (Å²) in [5.41, 5.74) is 3.28. The highest BCUT2D eigenvalue weighted by Crippen LogP contribution is 2.18. The number of hydrogen-bond acceptors (Lipinski definition) is 2. The summed E-state index contributed by atoms with van der Waals surface area (Å²) >= 11 is 0. The molecule has 2 rings (SSSR count). The number of halogens is 1. The Labute approximate surface area is 153 Å². The minimum absolute atomic E-state index is 0.0976. The summed E-state index contributed by atoms with van der Waals surface area (Å²) in [6.45, 7) is 4.30. The van der Waals surface area contributed by atoms with Gasteiger partial charge in [0.15, 0.2) is 6.54 Å². The zero-order valence-electron chi connectivity index (χ0n) is 15.4. The molecular weight excluding hydrogens is 333 g/mol. The lowest BCUT2D eigenvalue weighted by atomic mass is 10.1. The van der Waals surface area contributed by atoms with Crippen molar-refractivity contribution < 1.29 is 18.9 Å². The number of nitrogens with one attached hydrogen (secondary N) is 3. The molecule has 138 valence electrons. The van der Waals surface area contributed by atoms with Gasteiger partial charge in [0.2, 0.25) is 5.91 Å².